The molecule has 0 radical (unpaired) electrons. The number of anilines is 1. The van der Waals surface area contributed by atoms with Gasteiger partial charge in [-0.15, -0.1) is 11.3 Å². The molecule has 2 fully saturated rings. The van der Waals surface area contributed by atoms with Crippen molar-refractivity contribution in [2.45, 2.75) is 46.1 Å². The Bertz CT molecular complexity index is 563. The van der Waals surface area contributed by atoms with Gasteiger partial charge in [0.05, 0.1) is 5.69 Å². The van der Waals surface area contributed by atoms with E-state index in [0.717, 1.165) is 56.3 Å². The number of nitrogens with two attached hydrogens (primary N) is 1. The first-order valence-electron chi connectivity index (χ1n) is 8.58. The van der Waals surface area contributed by atoms with Gasteiger partial charge in [-0.2, -0.15) is 0 Å². The van der Waals surface area contributed by atoms with Crippen LogP contribution in [0.2, 0.25) is 0 Å². The maximum Gasteiger partial charge on any atom is 0.225 e. The van der Waals surface area contributed by atoms with Crippen molar-refractivity contribution in [1.29, 1.82) is 0 Å². The summed E-state index contributed by atoms with van der Waals surface area (Å²) in [5.74, 6) is 0.498. The predicted octanol–water partition coefficient (Wildman–Crippen LogP) is 2.25. The highest BCUT2D eigenvalue weighted by Gasteiger charge is 2.38. The molecule has 1 unspecified atom stereocenters. The van der Waals surface area contributed by atoms with E-state index in [1.807, 2.05) is 6.92 Å². The van der Waals surface area contributed by atoms with Crippen LogP contribution in [-0.4, -0.2) is 48.0 Å². The van der Waals surface area contributed by atoms with Crippen LogP contribution >= 0.6 is 11.3 Å². The Balaban J connectivity index is 1.56. The van der Waals surface area contributed by atoms with Crippen LogP contribution in [-0.2, 0) is 4.79 Å². The Hall–Kier alpha value is -1.14. The summed E-state index contributed by atoms with van der Waals surface area (Å²) >= 11 is 1.70. The molecule has 5 nitrogen and oxygen atoms in total. The van der Waals surface area contributed by atoms with Gasteiger partial charge < -0.3 is 15.5 Å². The monoisotopic (exact) mass is 336 g/mol. The minimum atomic E-state index is 0.0209. The highest BCUT2D eigenvalue weighted by Crippen LogP contribution is 2.31. The smallest absolute Gasteiger partial charge is 0.225 e. The molecule has 0 aromatic carbocycles. The zero-order valence-electron chi connectivity index (χ0n) is 14.4. The summed E-state index contributed by atoms with van der Waals surface area (Å²) in [5.41, 5.74) is 7.29. The van der Waals surface area contributed by atoms with Gasteiger partial charge in [-0.05, 0) is 31.6 Å². The number of aryl methyl sites for hydroxylation is 1. The van der Waals surface area contributed by atoms with Crippen molar-refractivity contribution in [1.82, 2.24) is 9.88 Å². The second-order valence-corrected chi connectivity index (χ2v) is 8.51. The van der Waals surface area contributed by atoms with E-state index in [4.69, 9.17) is 5.73 Å². The van der Waals surface area contributed by atoms with E-state index in [1.54, 1.807) is 11.3 Å². The summed E-state index contributed by atoms with van der Waals surface area (Å²) in [5, 5.41) is 3.18. The molecule has 3 rings (SSSR count). The molecule has 2 aliphatic heterocycles. The Kier molecular flexibility index (Phi) is 4.65. The Morgan fingerprint density at radius 2 is 2.00 bits per heavy atom. The minimum Gasteiger partial charge on any atom is -0.348 e. The molecular formula is C17H28N4OS. The number of amides is 1. The summed E-state index contributed by atoms with van der Waals surface area (Å²) in [6.45, 7) is 9.84. The lowest BCUT2D eigenvalue weighted by Gasteiger charge is -2.44. The number of hydrogen-bond acceptors (Lipinski definition) is 5. The number of thiazole rings is 1. The normalized spacial score (nSPS) is 25.7. The fourth-order valence-corrected chi connectivity index (χ4v) is 4.48. The summed E-state index contributed by atoms with van der Waals surface area (Å²) in [4.78, 5) is 21.8. The van der Waals surface area contributed by atoms with Crippen LogP contribution in [0.25, 0.3) is 0 Å². The van der Waals surface area contributed by atoms with Gasteiger partial charge in [0.2, 0.25) is 5.91 Å². The minimum absolute atomic E-state index is 0.0209. The number of piperidine rings is 2. The van der Waals surface area contributed by atoms with E-state index in [1.165, 1.54) is 0 Å². The topological polar surface area (TPSA) is 62.5 Å². The van der Waals surface area contributed by atoms with E-state index in [-0.39, 0.29) is 17.4 Å². The Morgan fingerprint density at radius 1 is 1.30 bits per heavy atom. The van der Waals surface area contributed by atoms with Gasteiger partial charge in [-0.25, -0.2) is 4.98 Å². The van der Waals surface area contributed by atoms with E-state index in [0.29, 0.717) is 5.91 Å². The predicted molar refractivity (Wildman–Crippen MR) is 94.7 cm³/mol. The number of hydrogen-bond donors (Lipinski definition) is 1. The van der Waals surface area contributed by atoms with E-state index in [9.17, 15) is 4.79 Å². The zero-order chi connectivity index (χ0) is 16.6. The molecule has 6 heteroatoms. The molecule has 23 heavy (non-hydrogen) atoms. The molecule has 2 N–H and O–H groups in total. The molecule has 0 saturated carbocycles. The van der Waals surface area contributed by atoms with Crippen molar-refractivity contribution in [3.63, 3.8) is 0 Å². The number of aromatic nitrogens is 1. The second-order valence-electron chi connectivity index (χ2n) is 7.68. The molecule has 0 spiro atoms. The second kappa shape index (κ2) is 6.40. The third kappa shape index (κ3) is 3.53. The van der Waals surface area contributed by atoms with Crippen molar-refractivity contribution in [2.24, 2.45) is 17.1 Å². The summed E-state index contributed by atoms with van der Waals surface area (Å²) < 4.78 is 0. The van der Waals surface area contributed by atoms with Gasteiger partial charge in [-0.3, -0.25) is 4.79 Å². The molecule has 0 bridgehead atoms. The van der Waals surface area contributed by atoms with Crippen molar-refractivity contribution in [2.75, 3.05) is 31.1 Å². The van der Waals surface area contributed by atoms with Gasteiger partial charge in [-0.1, -0.05) is 13.8 Å². The average Bonchev–Trinajstić information content (AvgIpc) is 2.96. The molecule has 0 aliphatic carbocycles. The molecule has 1 atom stereocenters. The Labute approximate surface area is 142 Å². The highest BCUT2D eigenvalue weighted by molar-refractivity contribution is 7.13. The quantitative estimate of drug-likeness (QED) is 0.900. The molecule has 1 aromatic rings. The van der Waals surface area contributed by atoms with Crippen LogP contribution in [0.3, 0.4) is 0 Å². The van der Waals surface area contributed by atoms with Crippen molar-refractivity contribution >= 4 is 22.4 Å². The van der Waals surface area contributed by atoms with Gasteiger partial charge >= 0.3 is 0 Å². The average molecular weight is 337 g/mol. The number of carbonyl (C=O) groups excluding carboxylic acids is 1. The van der Waals surface area contributed by atoms with Crippen LogP contribution < -0.4 is 10.6 Å². The van der Waals surface area contributed by atoms with Gasteiger partial charge in [0, 0.05) is 43.5 Å². The van der Waals surface area contributed by atoms with Gasteiger partial charge in [0.15, 0.2) is 5.13 Å². The lowest BCUT2D eigenvalue weighted by Crippen LogP contribution is -2.55. The van der Waals surface area contributed by atoms with Crippen LogP contribution in [0, 0.1) is 18.3 Å². The number of likely N-dealkylation sites (tertiary alicyclic amines) is 1. The number of carbonyl (C=O) groups is 1. The first kappa shape index (κ1) is 16.7. The number of rotatable bonds is 2. The molecule has 2 aliphatic rings. The van der Waals surface area contributed by atoms with E-state index < -0.39 is 0 Å². The standard InChI is InChI=1S/C17H28N4OS/c1-12-10-23-16(19-12)20-7-4-13(5-8-20)15(22)21-9-6-14(18)17(2,3)11-21/h10,13-14H,4-9,11,18H2,1-3H3. The molecular weight excluding hydrogens is 308 g/mol. The first-order chi connectivity index (χ1) is 10.9. The summed E-state index contributed by atoms with van der Waals surface area (Å²) in [6, 6.07) is 0.196. The van der Waals surface area contributed by atoms with E-state index >= 15 is 0 Å². The SMILES string of the molecule is Cc1csc(N2CCC(C(=O)N3CCC(N)C(C)(C)C3)CC2)n1. The van der Waals surface area contributed by atoms with Gasteiger partial charge in [0.1, 0.15) is 0 Å². The fraction of sp³-hybridized carbons (Fsp3) is 0.765. The summed E-state index contributed by atoms with van der Waals surface area (Å²) in [6.07, 6.45) is 2.77. The molecule has 128 valence electrons. The summed E-state index contributed by atoms with van der Waals surface area (Å²) in [7, 11) is 0. The zero-order valence-corrected chi connectivity index (χ0v) is 15.2. The van der Waals surface area contributed by atoms with Crippen LogP contribution in [0.4, 0.5) is 5.13 Å². The third-order valence-corrected chi connectivity index (χ3v) is 6.36. The molecule has 3 heterocycles. The molecule has 1 aromatic heterocycles. The van der Waals surface area contributed by atoms with E-state index in [2.05, 4.69) is 34.0 Å². The van der Waals surface area contributed by atoms with Crippen molar-refractivity contribution in [3.8, 4) is 0 Å². The van der Waals surface area contributed by atoms with Crippen LogP contribution in [0.1, 0.15) is 38.8 Å². The third-order valence-electron chi connectivity index (χ3n) is 5.35. The number of nitrogens with zero attached hydrogens (tertiary/aromatic N) is 3. The maximum atomic E-state index is 12.8. The van der Waals surface area contributed by atoms with Gasteiger partial charge in [0.25, 0.3) is 0 Å². The molecule has 1 amide bonds. The maximum absolute atomic E-state index is 12.8. The van der Waals surface area contributed by atoms with Crippen LogP contribution in [0.5, 0.6) is 0 Å². The van der Waals surface area contributed by atoms with Crippen LogP contribution in [0.15, 0.2) is 5.38 Å². The fourth-order valence-electron chi connectivity index (χ4n) is 3.62. The van der Waals surface area contributed by atoms with Crippen molar-refractivity contribution < 1.29 is 4.79 Å². The molecule has 2 saturated heterocycles. The Morgan fingerprint density at radius 3 is 2.57 bits per heavy atom. The highest BCUT2D eigenvalue weighted by atomic mass is 32.1. The van der Waals surface area contributed by atoms with Crippen molar-refractivity contribution in [3.05, 3.63) is 11.1 Å². The lowest BCUT2D eigenvalue weighted by molar-refractivity contribution is -0.139. The largest absolute Gasteiger partial charge is 0.348 e. The first-order valence-corrected chi connectivity index (χ1v) is 9.46. The lowest BCUT2D eigenvalue weighted by atomic mass is 9.79.